The van der Waals surface area contributed by atoms with E-state index in [1.807, 2.05) is 0 Å². The number of hydrogen-bond donors (Lipinski definition) is 2. The van der Waals surface area contributed by atoms with Crippen LogP contribution < -0.4 is 5.43 Å². The van der Waals surface area contributed by atoms with Crippen LogP contribution in [0.1, 0.15) is 28.7 Å². The summed E-state index contributed by atoms with van der Waals surface area (Å²) in [6.45, 7) is 2.03. The zero-order valence-electron chi connectivity index (χ0n) is 12.2. The number of hydrogen-bond acceptors (Lipinski definition) is 6. The van der Waals surface area contributed by atoms with E-state index in [0.29, 0.717) is 34.8 Å². The van der Waals surface area contributed by atoms with Crippen LogP contribution in [0.4, 0.5) is 0 Å². The summed E-state index contributed by atoms with van der Waals surface area (Å²) in [5.74, 6) is -0.773. The topological polar surface area (TPSA) is 109 Å². The standard InChI is InChI=1S/C15H13N5O3/c1-2-23-15(22)9-5-10(18-7-9)6-11-13(19-20-14(11)21)12-8-16-3-4-17-12/h3-8,18H,2H2,1H3,(H,20,21)/b11-6+. The number of nitrogens with zero attached hydrogens (tertiary/aromatic N) is 3. The molecule has 0 aliphatic carbocycles. The molecule has 0 bridgehead atoms. The molecule has 23 heavy (non-hydrogen) atoms. The normalized spacial score (nSPS) is 15.4. The minimum absolute atomic E-state index is 0.298. The predicted octanol–water partition coefficient (Wildman–Crippen LogP) is 0.899. The predicted molar refractivity (Wildman–Crippen MR) is 81.4 cm³/mol. The van der Waals surface area contributed by atoms with E-state index in [2.05, 4.69) is 25.5 Å². The van der Waals surface area contributed by atoms with Crippen molar-refractivity contribution < 1.29 is 14.3 Å². The molecule has 0 fully saturated rings. The Hall–Kier alpha value is -3.29. The minimum atomic E-state index is -0.424. The van der Waals surface area contributed by atoms with Crippen molar-refractivity contribution in [1.29, 1.82) is 0 Å². The summed E-state index contributed by atoms with van der Waals surface area (Å²) in [6, 6.07) is 1.60. The molecular weight excluding hydrogens is 298 g/mol. The van der Waals surface area contributed by atoms with Gasteiger partial charge in [0.2, 0.25) is 0 Å². The highest BCUT2D eigenvalue weighted by atomic mass is 16.5. The van der Waals surface area contributed by atoms with Gasteiger partial charge in [0.15, 0.2) is 0 Å². The van der Waals surface area contributed by atoms with Gasteiger partial charge in [-0.25, -0.2) is 10.2 Å². The Kier molecular flexibility index (Phi) is 3.96. The van der Waals surface area contributed by atoms with Crippen molar-refractivity contribution in [2.24, 2.45) is 5.10 Å². The average molecular weight is 311 g/mol. The molecular formula is C15H13N5O3. The van der Waals surface area contributed by atoms with Gasteiger partial charge in [0.05, 0.1) is 23.9 Å². The fraction of sp³-hybridized carbons (Fsp3) is 0.133. The summed E-state index contributed by atoms with van der Waals surface area (Å²) >= 11 is 0. The molecule has 116 valence electrons. The Morgan fingerprint density at radius 3 is 3.00 bits per heavy atom. The number of carbonyl (C=O) groups excluding carboxylic acids is 2. The van der Waals surface area contributed by atoms with E-state index in [-0.39, 0.29) is 5.91 Å². The molecule has 0 saturated heterocycles. The summed E-state index contributed by atoms with van der Waals surface area (Å²) in [5.41, 5.74) is 4.58. The number of carbonyl (C=O) groups is 2. The molecule has 0 saturated carbocycles. The van der Waals surface area contributed by atoms with Gasteiger partial charge < -0.3 is 9.72 Å². The molecule has 1 aliphatic heterocycles. The van der Waals surface area contributed by atoms with E-state index in [4.69, 9.17) is 4.74 Å². The van der Waals surface area contributed by atoms with Crippen LogP contribution in [0.5, 0.6) is 0 Å². The lowest BCUT2D eigenvalue weighted by Crippen LogP contribution is -2.14. The summed E-state index contributed by atoms with van der Waals surface area (Å²) in [4.78, 5) is 34.6. The molecule has 2 aromatic heterocycles. The van der Waals surface area contributed by atoms with Crippen molar-refractivity contribution in [3.05, 3.63) is 53.4 Å². The molecule has 0 unspecified atom stereocenters. The van der Waals surface area contributed by atoms with Crippen LogP contribution in [0, 0.1) is 0 Å². The molecule has 0 aromatic carbocycles. The largest absolute Gasteiger partial charge is 0.462 e. The molecule has 0 radical (unpaired) electrons. The van der Waals surface area contributed by atoms with E-state index in [1.165, 1.54) is 24.8 Å². The van der Waals surface area contributed by atoms with Crippen LogP contribution in [0.15, 0.2) is 41.5 Å². The first-order valence-corrected chi connectivity index (χ1v) is 6.91. The molecule has 0 atom stereocenters. The summed E-state index contributed by atoms with van der Waals surface area (Å²) in [6.07, 6.45) is 7.70. The van der Waals surface area contributed by atoms with Gasteiger partial charge in [0.25, 0.3) is 5.91 Å². The van der Waals surface area contributed by atoms with Crippen molar-refractivity contribution in [2.75, 3.05) is 6.61 Å². The Labute approximate surface area is 131 Å². The second kappa shape index (κ2) is 6.22. The molecule has 8 heteroatoms. The van der Waals surface area contributed by atoms with Crippen LogP contribution >= 0.6 is 0 Å². The molecule has 3 heterocycles. The lowest BCUT2D eigenvalue weighted by molar-refractivity contribution is -0.116. The third-order valence-corrected chi connectivity index (χ3v) is 3.09. The number of hydrazone groups is 1. The number of rotatable bonds is 4. The van der Waals surface area contributed by atoms with Gasteiger partial charge >= 0.3 is 5.97 Å². The number of aromatic nitrogens is 3. The SMILES string of the molecule is CCOC(=O)c1c[nH]c(/C=C2/C(=O)NN=C2c2cnccn2)c1. The van der Waals surface area contributed by atoms with Crippen LogP contribution in [-0.2, 0) is 9.53 Å². The fourth-order valence-corrected chi connectivity index (χ4v) is 2.07. The second-order valence-electron chi connectivity index (χ2n) is 4.61. The quantitative estimate of drug-likeness (QED) is 0.644. The number of ether oxygens (including phenoxy) is 1. The van der Waals surface area contributed by atoms with E-state index < -0.39 is 5.97 Å². The molecule has 2 N–H and O–H groups in total. The first-order valence-electron chi connectivity index (χ1n) is 6.91. The maximum Gasteiger partial charge on any atom is 0.339 e. The van der Waals surface area contributed by atoms with Gasteiger partial charge in [0, 0.05) is 24.3 Å². The number of amides is 1. The van der Waals surface area contributed by atoms with Crippen LogP contribution in [0.2, 0.25) is 0 Å². The zero-order valence-corrected chi connectivity index (χ0v) is 12.2. The number of nitrogens with one attached hydrogen (secondary N) is 2. The van der Waals surface area contributed by atoms with E-state index in [1.54, 1.807) is 19.1 Å². The maximum absolute atomic E-state index is 12.0. The number of aromatic amines is 1. The van der Waals surface area contributed by atoms with Gasteiger partial charge in [-0.2, -0.15) is 5.10 Å². The maximum atomic E-state index is 12.0. The average Bonchev–Trinajstić information content (AvgIpc) is 3.17. The molecule has 0 spiro atoms. The third kappa shape index (κ3) is 3.00. The molecule has 2 aromatic rings. The Bertz CT molecular complexity index is 808. The van der Waals surface area contributed by atoms with Crippen molar-refractivity contribution in [1.82, 2.24) is 20.4 Å². The smallest absolute Gasteiger partial charge is 0.339 e. The van der Waals surface area contributed by atoms with Gasteiger partial charge in [-0.15, -0.1) is 0 Å². The molecule has 3 rings (SSSR count). The highest BCUT2D eigenvalue weighted by molar-refractivity contribution is 6.32. The lowest BCUT2D eigenvalue weighted by atomic mass is 10.1. The van der Waals surface area contributed by atoms with Crippen molar-refractivity contribution in [3.63, 3.8) is 0 Å². The number of H-pyrrole nitrogens is 1. The monoisotopic (exact) mass is 311 g/mol. The first kappa shape index (κ1) is 14.6. The molecule has 1 amide bonds. The first-order chi connectivity index (χ1) is 11.2. The zero-order chi connectivity index (χ0) is 16.2. The van der Waals surface area contributed by atoms with Crippen molar-refractivity contribution in [2.45, 2.75) is 6.92 Å². The van der Waals surface area contributed by atoms with E-state index >= 15 is 0 Å². The summed E-state index contributed by atoms with van der Waals surface area (Å²) in [5, 5.41) is 3.98. The Morgan fingerprint density at radius 1 is 1.39 bits per heavy atom. The Morgan fingerprint density at radius 2 is 2.26 bits per heavy atom. The van der Waals surface area contributed by atoms with Crippen LogP contribution in [0.25, 0.3) is 6.08 Å². The van der Waals surface area contributed by atoms with Crippen molar-refractivity contribution in [3.8, 4) is 0 Å². The van der Waals surface area contributed by atoms with E-state index in [9.17, 15) is 9.59 Å². The van der Waals surface area contributed by atoms with Crippen LogP contribution in [-0.4, -0.2) is 39.1 Å². The molecule has 1 aliphatic rings. The number of esters is 1. The van der Waals surface area contributed by atoms with E-state index in [0.717, 1.165) is 0 Å². The second-order valence-corrected chi connectivity index (χ2v) is 4.61. The summed E-state index contributed by atoms with van der Waals surface area (Å²) in [7, 11) is 0. The van der Waals surface area contributed by atoms with Crippen molar-refractivity contribution >= 4 is 23.7 Å². The highest BCUT2D eigenvalue weighted by Gasteiger charge is 2.25. The van der Waals surface area contributed by atoms with Gasteiger partial charge in [-0.3, -0.25) is 14.8 Å². The molecule has 8 nitrogen and oxygen atoms in total. The van der Waals surface area contributed by atoms with Gasteiger partial charge in [-0.05, 0) is 19.1 Å². The fourth-order valence-electron chi connectivity index (χ4n) is 2.07. The minimum Gasteiger partial charge on any atom is -0.462 e. The lowest BCUT2D eigenvalue weighted by Gasteiger charge is -1.99. The third-order valence-electron chi connectivity index (χ3n) is 3.09. The highest BCUT2D eigenvalue weighted by Crippen LogP contribution is 2.16. The summed E-state index contributed by atoms with van der Waals surface area (Å²) < 4.78 is 4.92. The van der Waals surface area contributed by atoms with Crippen LogP contribution in [0.3, 0.4) is 0 Å². The van der Waals surface area contributed by atoms with Gasteiger partial charge in [-0.1, -0.05) is 0 Å². The van der Waals surface area contributed by atoms with Gasteiger partial charge in [0.1, 0.15) is 11.4 Å². The Balaban J connectivity index is 1.90.